The molecule has 0 amide bonds. The molecule has 1 saturated heterocycles. The van der Waals surface area contributed by atoms with E-state index in [1.165, 1.54) is 6.92 Å². The number of hydrogen-bond donors (Lipinski definition) is 1. The molecule has 3 heterocycles. The number of ether oxygens (including phenoxy) is 2. The molecule has 1 aromatic heterocycles. The van der Waals surface area contributed by atoms with E-state index < -0.39 is 35.1 Å². The fraction of sp³-hybridized carbons (Fsp3) is 0.368. The second-order valence-electron chi connectivity index (χ2n) is 7.10. The number of halogens is 2. The lowest BCUT2D eigenvalue weighted by molar-refractivity contribution is -0.323. The molecule has 0 bridgehead atoms. The average Bonchev–Trinajstić information content (AvgIpc) is 3.04. The van der Waals surface area contributed by atoms with E-state index in [9.17, 15) is 23.5 Å². The summed E-state index contributed by atoms with van der Waals surface area (Å²) in [5.41, 5.74) is -1.12. The van der Waals surface area contributed by atoms with Crippen LogP contribution in [0.2, 0.25) is 0 Å². The Kier molecular flexibility index (Phi) is 4.24. The lowest BCUT2D eigenvalue weighted by atomic mass is 10.0. The smallest absolute Gasteiger partial charge is 0.350 e. The van der Waals surface area contributed by atoms with Gasteiger partial charge < -0.3 is 19.1 Å². The van der Waals surface area contributed by atoms with Crippen LogP contribution in [0, 0.1) is 11.6 Å². The predicted octanol–water partition coefficient (Wildman–Crippen LogP) is 1.69. The van der Waals surface area contributed by atoms with Crippen LogP contribution in [-0.4, -0.2) is 51.1 Å². The van der Waals surface area contributed by atoms with Crippen molar-refractivity contribution in [3.05, 3.63) is 48.2 Å². The molecule has 4 rings (SSSR count). The topological polar surface area (TPSA) is 81.0 Å². The zero-order chi connectivity index (χ0) is 20.1. The second-order valence-corrected chi connectivity index (χ2v) is 7.10. The number of fused-ring (bicyclic) bond motifs is 1. The Hall–Kier alpha value is -2.78. The number of carbonyl (C=O) groups excluding carboxylic acids is 2. The molecule has 1 N–H and O–H groups in total. The van der Waals surface area contributed by atoms with Crippen molar-refractivity contribution in [1.29, 1.82) is 0 Å². The van der Waals surface area contributed by atoms with Gasteiger partial charge in [0.05, 0.1) is 5.52 Å². The summed E-state index contributed by atoms with van der Waals surface area (Å²) in [5.74, 6) is -5.44. The number of benzene rings is 1. The largest absolute Gasteiger partial charge is 0.402 e. The molecular formula is C19H18F2N2O5. The van der Waals surface area contributed by atoms with Crippen LogP contribution in [0.1, 0.15) is 13.3 Å². The summed E-state index contributed by atoms with van der Waals surface area (Å²) in [4.78, 5) is 25.4. The quantitative estimate of drug-likeness (QED) is 0.801. The summed E-state index contributed by atoms with van der Waals surface area (Å²) in [6, 6.07) is 3.88. The lowest BCUT2D eigenvalue weighted by Gasteiger charge is -2.41. The molecule has 1 unspecified atom stereocenters. The van der Waals surface area contributed by atoms with Crippen LogP contribution in [0.25, 0.3) is 10.9 Å². The van der Waals surface area contributed by atoms with Crippen LogP contribution in [0.5, 0.6) is 0 Å². The number of carbonyl (C=O) groups is 2. The highest BCUT2D eigenvalue weighted by molar-refractivity contribution is 5.93. The first-order chi connectivity index (χ1) is 13.2. The lowest BCUT2D eigenvalue weighted by Crippen LogP contribution is -2.61. The van der Waals surface area contributed by atoms with Gasteiger partial charge in [-0.1, -0.05) is 0 Å². The Morgan fingerprint density at radius 1 is 1.11 bits per heavy atom. The van der Waals surface area contributed by atoms with E-state index in [1.807, 2.05) is 0 Å². The van der Waals surface area contributed by atoms with Crippen LogP contribution in [0.4, 0.5) is 8.78 Å². The highest BCUT2D eigenvalue weighted by Crippen LogP contribution is 2.41. The molecule has 2 aromatic rings. The van der Waals surface area contributed by atoms with Gasteiger partial charge in [-0.2, -0.15) is 0 Å². The minimum atomic E-state index is -1.95. The van der Waals surface area contributed by atoms with Crippen LogP contribution >= 0.6 is 0 Å². The number of likely N-dealkylation sites (tertiary alicyclic amines) is 1. The van der Waals surface area contributed by atoms with E-state index in [-0.39, 0.29) is 13.0 Å². The van der Waals surface area contributed by atoms with E-state index in [0.717, 1.165) is 24.3 Å². The van der Waals surface area contributed by atoms with Crippen LogP contribution in [0.3, 0.4) is 0 Å². The van der Waals surface area contributed by atoms with Gasteiger partial charge in [0.15, 0.2) is 17.2 Å². The molecule has 28 heavy (non-hydrogen) atoms. The standard InChI is InChI=1S/C19H18F2N2O5/c1-18(26)5-7-23(19(18)27-16(24)2-3-17(25)28-19)9-8-22-6-4-12-10-13(20)14(21)11-15(12)22/h2-4,6,10-11,26H,5,7-9H2,1H3. The average molecular weight is 392 g/mol. The Labute approximate surface area is 158 Å². The number of hydrogen-bond acceptors (Lipinski definition) is 6. The van der Waals surface area contributed by atoms with Crippen molar-refractivity contribution in [3.8, 4) is 0 Å². The number of rotatable bonds is 3. The van der Waals surface area contributed by atoms with Crippen molar-refractivity contribution < 1.29 is 33.0 Å². The second kappa shape index (κ2) is 6.39. The van der Waals surface area contributed by atoms with Gasteiger partial charge in [0, 0.05) is 49.4 Å². The summed E-state index contributed by atoms with van der Waals surface area (Å²) in [6.45, 7) is 2.26. The van der Waals surface area contributed by atoms with Gasteiger partial charge in [-0.15, -0.1) is 0 Å². The van der Waals surface area contributed by atoms with Crippen molar-refractivity contribution in [3.63, 3.8) is 0 Å². The zero-order valence-corrected chi connectivity index (χ0v) is 15.0. The minimum absolute atomic E-state index is 0.208. The van der Waals surface area contributed by atoms with E-state index in [0.29, 0.717) is 24.0 Å². The van der Waals surface area contributed by atoms with Crippen molar-refractivity contribution in [2.75, 3.05) is 13.1 Å². The molecule has 0 radical (unpaired) electrons. The monoisotopic (exact) mass is 392 g/mol. The number of aromatic nitrogens is 1. The van der Waals surface area contributed by atoms with E-state index in [1.54, 1.807) is 21.7 Å². The molecule has 9 heteroatoms. The minimum Gasteiger partial charge on any atom is -0.402 e. The molecule has 2 aliphatic heterocycles. The maximum absolute atomic E-state index is 13.6. The molecule has 1 aromatic carbocycles. The molecule has 148 valence electrons. The highest BCUT2D eigenvalue weighted by atomic mass is 19.2. The summed E-state index contributed by atoms with van der Waals surface area (Å²) in [6.07, 6.45) is 3.78. The molecule has 1 spiro atoms. The first-order valence-corrected chi connectivity index (χ1v) is 8.77. The highest BCUT2D eigenvalue weighted by Gasteiger charge is 2.63. The first-order valence-electron chi connectivity index (χ1n) is 8.77. The van der Waals surface area contributed by atoms with E-state index >= 15 is 0 Å². The molecule has 0 aliphatic carbocycles. The maximum Gasteiger partial charge on any atom is 0.350 e. The Morgan fingerprint density at radius 3 is 2.43 bits per heavy atom. The van der Waals surface area contributed by atoms with E-state index in [4.69, 9.17) is 9.47 Å². The molecule has 2 aliphatic rings. The fourth-order valence-corrected chi connectivity index (χ4v) is 3.71. The normalized spacial score (nSPS) is 24.6. The first kappa shape index (κ1) is 18.6. The SMILES string of the molecule is CC1(O)CCN(CCn2ccc3cc(F)c(F)cc32)C12OC(=O)C=CC(=O)O2. The van der Waals surface area contributed by atoms with E-state index in [2.05, 4.69) is 0 Å². The summed E-state index contributed by atoms with van der Waals surface area (Å²) >= 11 is 0. The van der Waals surface area contributed by atoms with Gasteiger partial charge in [-0.25, -0.2) is 23.3 Å². The molecule has 1 atom stereocenters. The molecule has 0 saturated carbocycles. The van der Waals surface area contributed by atoms with Gasteiger partial charge in [0.1, 0.15) is 0 Å². The van der Waals surface area contributed by atoms with Crippen molar-refractivity contribution in [2.45, 2.75) is 31.4 Å². The van der Waals surface area contributed by atoms with Gasteiger partial charge in [0.25, 0.3) is 0 Å². The van der Waals surface area contributed by atoms with Gasteiger partial charge in [-0.05, 0) is 25.5 Å². The Balaban J connectivity index is 1.61. The van der Waals surface area contributed by atoms with Crippen LogP contribution in [-0.2, 0) is 25.6 Å². The maximum atomic E-state index is 13.6. The third-order valence-electron chi connectivity index (χ3n) is 5.22. The number of aliphatic hydroxyl groups is 1. The van der Waals surface area contributed by atoms with Crippen molar-refractivity contribution >= 4 is 22.8 Å². The van der Waals surface area contributed by atoms with Crippen molar-refractivity contribution in [1.82, 2.24) is 9.47 Å². The van der Waals surface area contributed by atoms with Crippen molar-refractivity contribution in [2.24, 2.45) is 0 Å². The molecule has 7 nitrogen and oxygen atoms in total. The van der Waals surface area contributed by atoms with Gasteiger partial charge >= 0.3 is 17.8 Å². The Bertz CT molecular complexity index is 978. The molecule has 1 fully saturated rings. The summed E-state index contributed by atoms with van der Waals surface area (Å²) < 4.78 is 39.4. The number of esters is 2. The van der Waals surface area contributed by atoms with Crippen LogP contribution in [0.15, 0.2) is 36.5 Å². The molecular weight excluding hydrogens is 374 g/mol. The summed E-state index contributed by atoms with van der Waals surface area (Å²) in [7, 11) is 0. The fourth-order valence-electron chi connectivity index (χ4n) is 3.71. The van der Waals surface area contributed by atoms with Gasteiger partial charge in [0.2, 0.25) is 0 Å². The third-order valence-corrected chi connectivity index (χ3v) is 5.22. The van der Waals surface area contributed by atoms with Gasteiger partial charge in [-0.3, -0.25) is 0 Å². The number of nitrogens with zero attached hydrogens (tertiary/aromatic N) is 2. The zero-order valence-electron chi connectivity index (χ0n) is 15.0. The Morgan fingerprint density at radius 2 is 1.75 bits per heavy atom. The predicted molar refractivity (Wildman–Crippen MR) is 92.7 cm³/mol. The van der Waals surface area contributed by atoms with Crippen LogP contribution < -0.4 is 0 Å². The summed E-state index contributed by atoms with van der Waals surface area (Å²) in [5, 5.41) is 11.3. The third kappa shape index (κ3) is 2.87.